The second-order valence-corrected chi connectivity index (χ2v) is 14.9. The summed E-state index contributed by atoms with van der Waals surface area (Å²) in [6.45, 7) is 10.8. The van der Waals surface area contributed by atoms with Gasteiger partial charge in [-0.15, -0.1) is 0 Å². The summed E-state index contributed by atoms with van der Waals surface area (Å²) in [5, 5.41) is 3.43. The van der Waals surface area contributed by atoms with Crippen molar-refractivity contribution < 1.29 is 18.0 Å². The van der Waals surface area contributed by atoms with Crippen molar-refractivity contribution in [1.29, 1.82) is 0 Å². The summed E-state index contributed by atoms with van der Waals surface area (Å²) >= 11 is 6.47. The van der Waals surface area contributed by atoms with Crippen LogP contribution in [-0.2, 0) is 32.6 Å². The molecule has 242 valence electrons. The molecule has 1 atom stereocenters. The van der Waals surface area contributed by atoms with Gasteiger partial charge >= 0.3 is 0 Å². The minimum atomic E-state index is -4.22. The SMILES string of the molecule is Cc1ccc(S(=O)(=O)N(CC(=O)N(Cc2ccccc2C)[C@@H](Cc2ccccc2)C(=O)NC(C)(C)C)c2ccc(C)c(Cl)c2)cc1. The second kappa shape index (κ2) is 14.5. The van der Waals surface area contributed by atoms with E-state index in [9.17, 15) is 18.0 Å². The molecule has 0 fully saturated rings. The van der Waals surface area contributed by atoms with Gasteiger partial charge in [-0.25, -0.2) is 8.42 Å². The molecule has 0 bridgehead atoms. The monoisotopic (exact) mass is 659 g/mol. The molecule has 0 aliphatic heterocycles. The standard InChI is InChI=1S/C37H42ClN3O4S/c1-26-16-20-32(21-17-26)46(44,45)41(31-19-18-28(3)33(38)23-31)25-35(42)40(24-30-15-11-10-12-27(30)2)34(36(43)39-37(4,5)6)22-29-13-8-7-9-14-29/h7-21,23,34H,22,24-25H2,1-6H3,(H,39,43)/t34-/m0/s1. The molecular formula is C37H42ClN3O4S. The van der Waals surface area contributed by atoms with Crippen molar-refractivity contribution in [3.8, 4) is 0 Å². The Hall–Kier alpha value is -4.14. The number of hydrogen-bond donors (Lipinski definition) is 1. The lowest BCUT2D eigenvalue weighted by atomic mass is 10.00. The summed E-state index contributed by atoms with van der Waals surface area (Å²) in [5.74, 6) is -0.856. The lowest BCUT2D eigenvalue weighted by molar-refractivity contribution is -0.140. The van der Waals surface area contributed by atoms with Gasteiger partial charge in [0.2, 0.25) is 11.8 Å². The fourth-order valence-electron chi connectivity index (χ4n) is 5.08. The van der Waals surface area contributed by atoms with Crippen LogP contribution in [0.1, 0.15) is 48.6 Å². The average molecular weight is 660 g/mol. The maximum atomic E-state index is 14.6. The highest BCUT2D eigenvalue weighted by atomic mass is 35.5. The van der Waals surface area contributed by atoms with E-state index in [0.29, 0.717) is 5.02 Å². The quantitative estimate of drug-likeness (QED) is 0.188. The Morgan fingerprint density at radius 1 is 0.826 bits per heavy atom. The van der Waals surface area contributed by atoms with Gasteiger partial charge in [-0.3, -0.25) is 13.9 Å². The van der Waals surface area contributed by atoms with E-state index in [-0.39, 0.29) is 29.5 Å². The van der Waals surface area contributed by atoms with Crippen LogP contribution in [0, 0.1) is 20.8 Å². The number of hydrogen-bond acceptors (Lipinski definition) is 4. The van der Waals surface area contributed by atoms with Gasteiger partial charge in [0.25, 0.3) is 10.0 Å². The number of aryl methyl sites for hydroxylation is 3. The van der Waals surface area contributed by atoms with Gasteiger partial charge in [0, 0.05) is 23.5 Å². The molecule has 4 rings (SSSR count). The van der Waals surface area contributed by atoms with E-state index < -0.39 is 34.1 Å². The molecule has 0 aliphatic rings. The minimum absolute atomic E-state index is 0.0411. The summed E-state index contributed by atoms with van der Waals surface area (Å²) < 4.78 is 29.5. The molecule has 0 saturated carbocycles. The van der Waals surface area contributed by atoms with Crippen LogP contribution in [0.5, 0.6) is 0 Å². The molecule has 9 heteroatoms. The maximum Gasteiger partial charge on any atom is 0.264 e. The van der Waals surface area contributed by atoms with Crippen molar-refractivity contribution in [2.45, 2.75) is 71.0 Å². The van der Waals surface area contributed by atoms with E-state index in [2.05, 4.69) is 5.32 Å². The Morgan fingerprint density at radius 3 is 2.07 bits per heavy atom. The molecule has 0 spiro atoms. The van der Waals surface area contributed by atoms with Gasteiger partial charge in [0.15, 0.2) is 0 Å². The molecule has 1 N–H and O–H groups in total. The molecule has 0 unspecified atom stereocenters. The van der Waals surface area contributed by atoms with Crippen LogP contribution in [0.3, 0.4) is 0 Å². The Morgan fingerprint density at radius 2 is 1.46 bits per heavy atom. The highest BCUT2D eigenvalue weighted by Crippen LogP contribution is 2.29. The van der Waals surface area contributed by atoms with E-state index in [4.69, 9.17) is 11.6 Å². The number of carbonyl (C=O) groups excluding carboxylic acids is 2. The number of sulfonamides is 1. The van der Waals surface area contributed by atoms with Gasteiger partial charge in [0.1, 0.15) is 12.6 Å². The summed E-state index contributed by atoms with van der Waals surface area (Å²) in [7, 11) is -4.22. The van der Waals surface area contributed by atoms with Gasteiger partial charge in [-0.2, -0.15) is 0 Å². The number of rotatable bonds is 11. The number of benzene rings is 4. The number of anilines is 1. The molecule has 0 aliphatic carbocycles. The molecule has 4 aromatic carbocycles. The molecule has 0 saturated heterocycles. The number of halogens is 1. The molecule has 46 heavy (non-hydrogen) atoms. The number of nitrogens with one attached hydrogen (secondary N) is 1. The van der Waals surface area contributed by atoms with Crippen LogP contribution < -0.4 is 9.62 Å². The highest BCUT2D eigenvalue weighted by molar-refractivity contribution is 7.92. The van der Waals surface area contributed by atoms with E-state index in [1.165, 1.54) is 17.0 Å². The average Bonchev–Trinajstić information content (AvgIpc) is 2.99. The predicted octanol–water partition coefficient (Wildman–Crippen LogP) is 7.02. The molecular weight excluding hydrogens is 618 g/mol. The number of carbonyl (C=O) groups is 2. The third kappa shape index (κ3) is 8.77. The largest absolute Gasteiger partial charge is 0.350 e. The summed E-state index contributed by atoms with van der Waals surface area (Å²) in [5.41, 5.74) is 4.02. The van der Waals surface area contributed by atoms with E-state index in [1.54, 1.807) is 30.3 Å². The lowest BCUT2D eigenvalue weighted by Gasteiger charge is -2.35. The van der Waals surface area contributed by atoms with Crippen molar-refractivity contribution >= 4 is 39.1 Å². The van der Waals surface area contributed by atoms with E-state index >= 15 is 0 Å². The van der Waals surface area contributed by atoms with Crippen LogP contribution in [-0.4, -0.2) is 43.3 Å². The Balaban J connectivity index is 1.84. The van der Waals surface area contributed by atoms with Crippen LogP contribution in [0.25, 0.3) is 0 Å². The Bertz CT molecular complexity index is 1790. The summed E-state index contributed by atoms with van der Waals surface area (Å²) in [6.07, 6.45) is 0.238. The molecule has 4 aromatic rings. The topological polar surface area (TPSA) is 86.8 Å². The zero-order valence-electron chi connectivity index (χ0n) is 27.2. The normalized spacial score (nSPS) is 12.3. The third-order valence-electron chi connectivity index (χ3n) is 7.70. The fraction of sp³-hybridized carbons (Fsp3) is 0.297. The van der Waals surface area contributed by atoms with Crippen molar-refractivity contribution in [2.24, 2.45) is 0 Å². The highest BCUT2D eigenvalue weighted by Gasteiger charge is 2.36. The summed E-state index contributed by atoms with van der Waals surface area (Å²) in [6, 6.07) is 27.6. The Labute approximate surface area is 278 Å². The van der Waals surface area contributed by atoms with Crippen molar-refractivity contribution in [3.63, 3.8) is 0 Å². The smallest absolute Gasteiger partial charge is 0.264 e. The molecule has 2 amide bonds. The Kier molecular flexibility index (Phi) is 11.0. The van der Waals surface area contributed by atoms with Gasteiger partial charge < -0.3 is 10.2 Å². The first kappa shape index (κ1) is 34.7. The van der Waals surface area contributed by atoms with E-state index in [0.717, 1.165) is 32.1 Å². The molecule has 0 aromatic heterocycles. The zero-order valence-corrected chi connectivity index (χ0v) is 28.8. The first-order valence-electron chi connectivity index (χ1n) is 15.2. The first-order chi connectivity index (χ1) is 21.7. The predicted molar refractivity (Wildman–Crippen MR) is 185 cm³/mol. The molecule has 0 radical (unpaired) electrons. The zero-order chi connectivity index (χ0) is 33.6. The van der Waals surface area contributed by atoms with Crippen LogP contribution >= 0.6 is 11.6 Å². The van der Waals surface area contributed by atoms with Crippen LogP contribution in [0.2, 0.25) is 5.02 Å². The lowest BCUT2D eigenvalue weighted by Crippen LogP contribution is -2.56. The third-order valence-corrected chi connectivity index (χ3v) is 9.90. The fourth-order valence-corrected chi connectivity index (χ4v) is 6.66. The van der Waals surface area contributed by atoms with Crippen molar-refractivity contribution in [3.05, 3.63) is 130 Å². The van der Waals surface area contributed by atoms with Gasteiger partial charge in [-0.1, -0.05) is 90.0 Å². The van der Waals surface area contributed by atoms with Crippen LogP contribution in [0.4, 0.5) is 5.69 Å². The first-order valence-corrected chi connectivity index (χ1v) is 17.0. The molecule has 7 nitrogen and oxygen atoms in total. The number of amides is 2. The second-order valence-electron chi connectivity index (χ2n) is 12.7. The molecule has 0 heterocycles. The van der Waals surface area contributed by atoms with Crippen molar-refractivity contribution in [2.75, 3.05) is 10.8 Å². The maximum absolute atomic E-state index is 14.6. The van der Waals surface area contributed by atoms with Gasteiger partial charge in [0.05, 0.1) is 10.6 Å². The summed E-state index contributed by atoms with van der Waals surface area (Å²) in [4.78, 5) is 30.2. The van der Waals surface area contributed by atoms with Crippen LogP contribution in [0.15, 0.2) is 102 Å². The van der Waals surface area contributed by atoms with Gasteiger partial charge in [-0.05, 0) is 88.1 Å². The minimum Gasteiger partial charge on any atom is -0.350 e. The van der Waals surface area contributed by atoms with E-state index in [1.807, 2.05) is 96.1 Å². The number of nitrogens with zero attached hydrogens (tertiary/aromatic N) is 2. The van der Waals surface area contributed by atoms with Crippen molar-refractivity contribution in [1.82, 2.24) is 10.2 Å².